The van der Waals surface area contributed by atoms with E-state index in [1.165, 1.54) is 11.1 Å². The molecule has 0 aliphatic rings. The first-order valence-corrected chi connectivity index (χ1v) is 6.35. The zero-order chi connectivity index (χ0) is 14.0. The highest BCUT2D eigenvalue weighted by Gasteiger charge is 2.16. The van der Waals surface area contributed by atoms with Gasteiger partial charge in [-0.3, -0.25) is 0 Å². The van der Waals surface area contributed by atoms with E-state index in [0.29, 0.717) is 5.56 Å². The van der Waals surface area contributed by atoms with Crippen LogP contribution < -0.4 is 0 Å². The minimum Gasteiger partial charge on any atom is -0.192 e. The molecule has 1 atom stereocenters. The summed E-state index contributed by atoms with van der Waals surface area (Å²) in [6.07, 6.45) is 0. The van der Waals surface area contributed by atoms with Crippen LogP contribution in [-0.2, 0) is 0 Å². The average Bonchev–Trinajstić information content (AvgIpc) is 2.44. The second kappa shape index (κ2) is 5.19. The molecule has 1 aromatic carbocycles. The largest absolute Gasteiger partial charge is 0.192 e. The van der Waals surface area contributed by atoms with Crippen molar-refractivity contribution in [3.8, 4) is 6.07 Å². The molecule has 1 heterocycles. The van der Waals surface area contributed by atoms with Crippen molar-refractivity contribution in [2.24, 2.45) is 0 Å². The maximum Gasteiger partial charge on any atom is 0.0991 e. The van der Waals surface area contributed by atoms with E-state index in [-0.39, 0.29) is 5.92 Å². The lowest BCUT2D eigenvalue weighted by Crippen LogP contribution is -2.07. The lowest BCUT2D eigenvalue weighted by Gasteiger charge is -2.16. The summed E-state index contributed by atoms with van der Waals surface area (Å²) >= 11 is 0. The molecule has 0 radical (unpaired) electrons. The summed E-state index contributed by atoms with van der Waals surface area (Å²) in [6, 6.07) is 9.85. The molecule has 1 unspecified atom stereocenters. The Hall–Kier alpha value is -2.21. The summed E-state index contributed by atoms with van der Waals surface area (Å²) in [5.74, 6) is 0.139. The van der Waals surface area contributed by atoms with Gasteiger partial charge in [0.2, 0.25) is 0 Å². The molecule has 0 saturated heterocycles. The first kappa shape index (κ1) is 13.2. The van der Waals surface area contributed by atoms with Gasteiger partial charge in [0.25, 0.3) is 0 Å². The second-order valence-corrected chi connectivity index (χ2v) is 4.88. The standard InChI is InChI=1S/C16H17N3/c1-10-11(2)16(19-18-13(10)4)12(3)15-7-5-6-14(8-15)9-17/h5-8,12H,1-4H3. The normalized spacial score (nSPS) is 11.9. The van der Waals surface area contributed by atoms with Crippen molar-refractivity contribution >= 4 is 0 Å². The third-order valence-electron chi connectivity index (χ3n) is 3.72. The molecule has 0 spiro atoms. The van der Waals surface area contributed by atoms with Gasteiger partial charge in [0, 0.05) is 5.92 Å². The molecule has 0 N–H and O–H groups in total. The lowest BCUT2D eigenvalue weighted by molar-refractivity contribution is 0.790. The Morgan fingerprint density at radius 3 is 2.53 bits per heavy atom. The molecule has 0 amide bonds. The molecule has 2 rings (SSSR count). The number of rotatable bonds is 2. The van der Waals surface area contributed by atoms with Crippen LogP contribution in [0, 0.1) is 32.1 Å². The van der Waals surface area contributed by atoms with Crippen molar-refractivity contribution in [2.45, 2.75) is 33.6 Å². The Kier molecular flexibility index (Phi) is 3.62. The summed E-state index contributed by atoms with van der Waals surface area (Å²) in [5, 5.41) is 17.5. The third kappa shape index (κ3) is 2.48. The molecular weight excluding hydrogens is 234 g/mol. The maximum absolute atomic E-state index is 8.97. The highest BCUT2D eigenvalue weighted by molar-refractivity contribution is 5.40. The van der Waals surface area contributed by atoms with Crippen LogP contribution in [0.15, 0.2) is 24.3 Å². The molecule has 0 fully saturated rings. The van der Waals surface area contributed by atoms with E-state index in [0.717, 1.165) is 17.0 Å². The van der Waals surface area contributed by atoms with E-state index >= 15 is 0 Å². The predicted molar refractivity (Wildman–Crippen MR) is 74.9 cm³/mol. The fraction of sp³-hybridized carbons (Fsp3) is 0.312. The molecule has 3 heteroatoms. The van der Waals surface area contributed by atoms with E-state index in [4.69, 9.17) is 5.26 Å². The fourth-order valence-corrected chi connectivity index (χ4v) is 2.19. The molecule has 1 aromatic heterocycles. The smallest absolute Gasteiger partial charge is 0.0991 e. The van der Waals surface area contributed by atoms with Crippen molar-refractivity contribution in [2.75, 3.05) is 0 Å². The number of nitriles is 1. The minimum atomic E-state index is 0.139. The molecule has 2 aromatic rings. The van der Waals surface area contributed by atoms with Gasteiger partial charge in [-0.1, -0.05) is 19.1 Å². The van der Waals surface area contributed by atoms with Crippen LogP contribution in [0.1, 0.15) is 46.5 Å². The Labute approximate surface area is 113 Å². The quantitative estimate of drug-likeness (QED) is 0.821. The van der Waals surface area contributed by atoms with E-state index < -0.39 is 0 Å². The van der Waals surface area contributed by atoms with Gasteiger partial charge in [-0.15, -0.1) is 0 Å². The summed E-state index contributed by atoms with van der Waals surface area (Å²) in [6.45, 7) is 8.22. The van der Waals surface area contributed by atoms with E-state index in [9.17, 15) is 0 Å². The van der Waals surface area contributed by atoms with Gasteiger partial charge in [0.15, 0.2) is 0 Å². The molecule has 0 bridgehead atoms. The van der Waals surface area contributed by atoms with Gasteiger partial charge in [-0.05, 0) is 49.6 Å². The van der Waals surface area contributed by atoms with Gasteiger partial charge in [0.05, 0.1) is 23.0 Å². The number of nitrogens with zero attached hydrogens (tertiary/aromatic N) is 3. The van der Waals surface area contributed by atoms with Crippen LogP contribution in [0.3, 0.4) is 0 Å². The Bertz CT molecular complexity index is 654. The molecule has 0 aliphatic heterocycles. The van der Waals surface area contributed by atoms with Gasteiger partial charge >= 0.3 is 0 Å². The zero-order valence-electron chi connectivity index (χ0n) is 11.7. The third-order valence-corrected chi connectivity index (χ3v) is 3.72. The second-order valence-electron chi connectivity index (χ2n) is 4.88. The van der Waals surface area contributed by atoms with Gasteiger partial charge < -0.3 is 0 Å². The number of benzene rings is 1. The maximum atomic E-state index is 8.97. The minimum absolute atomic E-state index is 0.139. The molecular formula is C16H17N3. The number of hydrogen-bond acceptors (Lipinski definition) is 3. The van der Waals surface area contributed by atoms with Crippen LogP contribution in [-0.4, -0.2) is 10.2 Å². The summed E-state index contributed by atoms with van der Waals surface area (Å²) in [7, 11) is 0. The Balaban J connectivity index is 2.47. The van der Waals surface area contributed by atoms with Crippen molar-refractivity contribution in [3.63, 3.8) is 0 Å². The van der Waals surface area contributed by atoms with Crippen LogP contribution in [0.25, 0.3) is 0 Å². The zero-order valence-corrected chi connectivity index (χ0v) is 11.7. The van der Waals surface area contributed by atoms with Crippen LogP contribution in [0.2, 0.25) is 0 Å². The summed E-state index contributed by atoms with van der Waals surface area (Å²) in [5.41, 5.74) is 6.10. The van der Waals surface area contributed by atoms with Crippen LogP contribution in [0.5, 0.6) is 0 Å². The highest BCUT2D eigenvalue weighted by atomic mass is 15.1. The van der Waals surface area contributed by atoms with Crippen molar-refractivity contribution in [3.05, 3.63) is 57.9 Å². The number of hydrogen-bond donors (Lipinski definition) is 0. The Morgan fingerprint density at radius 1 is 1.11 bits per heavy atom. The van der Waals surface area contributed by atoms with Gasteiger partial charge in [0.1, 0.15) is 0 Å². The predicted octanol–water partition coefficient (Wildman–Crippen LogP) is 3.43. The molecule has 0 aliphatic carbocycles. The van der Waals surface area contributed by atoms with Gasteiger partial charge in [-0.2, -0.15) is 15.5 Å². The monoisotopic (exact) mass is 251 g/mol. The molecule has 96 valence electrons. The summed E-state index contributed by atoms with van der Waals surface area (Å²) < 4.78 is 0. The SMILES string of the molecule is Cc1nnc(C(C)c2cccc(C#N)c2)c(C)c1C. The first-order chi connectivity index (χ1) is 9.04. The van der Waals surface area contributed by atoms with Crippen LogP contribution in [0.4, 0.5) is 0 Å². The number of aryl methyl sites for hydroxylation is 1. The molecule has 3 nitrogen and oxygen atoms in total. The van der Waals surface area contributed by atoms with Crippen molar-refractivity contribution in [1.29, 1.82) is 5.26 Å². The molecule has 19 heavy (non-hydrogen) atoms. The van der Waals surface area contributed by atoms with E-state index in [1.807, 2.05) is 31.2 Å². The lowest BCUT2D eigenvalue weighted by atomic mass is 9.92. The Morgan fingerprint density at radius 2 is 1.84 bits per heavy atom. The average molecular weight is 251 g/mol. The van der Waals surface area contributed by atoms with Gasteiger partial charge in [-0.25, -0.2) is 0 Å². The van der Waals surface area contributed by atoms with E-state index in [2.05, 4.69) is 37.0 Å². The van der Waals surface area contributed by atoms with Crippen LogP contribution >= 0.6 is 0 Å². The van der Waals surface area contributed by atoms with Crippen molar-refractivity contribution in [1.82, 2.24) is 10.2 Å². The number of aromatic nitrogens is 2. The summed E-state index contributed by atoms with van der Waals surface area (Å²) in [4.78, 5) is 0. The first-order valence-electron chi connectivity index (χ1n) is 6.35. The van der Waals surface area contributed by atoms with E-state index in [1.54, 1.807) is 0 Å². The fourth-order valence-electron chi connectivity index (χ4n) is 2.19. The topological polar surface area (TPSA) is 49.6 Å². The van der Waals surface area contributed by atoms with Crippen molar-refractivity contribution < 1.29 is 0 Å². The highest BCUT2D eigenvalue weighted by Crippen LogP contribution is 2.27. The molecule has 0 saturated carbocycles.